The van der Waals surface area contributed by atoms with Gasteiger partial charge in [-0.15, -0.1) is 0 Å². The minimum atomic E-state index is 0.490. The van der Waals surface area contributed by atoms with Crippen LogP contribution in [0.2, 0.25) is 5.02 Å². The van der Waals surface area contributed by atoms with Gasteiger partial charge >= 0.3 is 0 Å². The zero-order valence-electron chi connectivity index (χ0n) is 22.7. The molecule has 0 saturated carbocycles. The first kappa shape index (κ1) is 30.0. The molecular formula is C32H43ClN4. The molecule has 3 rings (SSSR count). The van der Waals surface area contributed by atoms with Gasteiger partial charge in [0.05, 0.1) is 16.4 Å². The van der Waals surface area contributed by atoms with Crippen LogP contribution in [0.5, 0.6) is 0 Å². The van der Waals surface area contributed by atoms with E-state index in [1.54, 1.807) is 12.3 Å². The number of nitrogens with zero attached hydrogens (tertiary/aromatic N) is 2. The molecule has 0 aromatic heterocycles. The zero-order chi connectivity index (χ0) is 27.0. The Morgan fingerprint density at radius 2 is 1.97 bits per heavy atom. The first-order chi connectivity index (χ1) is 18.0. The van der Waals surface area contributed by atoms with E-state index >= 15 is 0 Å². The van der Waals surface area contributed by atoms with Crippen molar-refractivity contribution in [2.75, 3.05) is 25.4 Å². The standard InChI is InChI=1S/C30H37ClN4.C2H6/c1-4-9-27(10-5-2)35-19-8-12-24(17-20-35)16-18-33-23(3)26-13-6-11-25(21-26)22-34-29-15-7-14-28(31)30(29)32;1-2/h4-7,9-11,13-15,21-22,24,33H,1,3,8,12,16-20,32H2,2H3;1-2H3/b10-5-,27-9+,34-22?;. The number of likely N-dealkylation sites (tertiary alicyclic amines) is 1. The average molecular weight is 519 g/mol. The third-order valence-corrected chi connectivity index (χ3v) is 6.68. The molecule has 0 spiro atoms. The highest BCUT2D eigenvalue weighted by molar-refractivity contribution is 6.33. The topological polar surface area (TPSA) is 53.6 Å². The number of hydrogen-bond acceptors (Lipinski definition) is 4. The van der Waals surface area contributed by atoms with E-state index < -0.39 is 0 Å². The van der Waals surface area contributed by atoms with E-state index in [0.717, 1.165) is 48.8 Å². The van der Waals surface area contributed by atoms with Crippen molar-refractivity contribution in [2.45, 2.75) is 46.5 Å². The van der Waals surface area contributed by atoms with Crippen LogP contribution >= 0.6 is 11.6 Å². The number of rotatable bonds is 10. The molecule has 37 heavy (non-hydrogen) atoms. The fourth-order valence-electron chi connectivity index (χ4n) is 4.39. The Balaban J connectivity index is 0.00000235. The van der Waals surface area contributed by atoms with E-state index in [-0.39, 0.29) is 0 Å². The molecule has 2 aromatic carbocycles. The van der Waals surface area contributed by atoms with Gasteiger partial charge in [0.15, 0.2) is 0 Å². The molecule has 198 valence electrons. The van der Waals surface area contributed by atoms with Gasteiger partial charge in [0.2, 0.25) is 0 Å². The molecule has 2 aromatic rings. The minimum Gasteiger partial charge on any atom is -0.396 e. The molecule has 1 heterocycles. The average Bonchev–Trinajstić information content (AvgIpc) is 3.16. The Morgan fingerprint density at radius 1 is 1.19 bits per heavy atom. The number of halogens is 1. The maximum absolute atomic E-state index is 6.09. The molecule has 4 nitrogen and oxygen atoms in total. The quantitative estimate of drug-likeness (QED) is 0.188. The fourth-order valence-corrected chi connectivity index (χ4v) is 4.56. The lowest BCUT2D eigenvalue weighted by atomic mass is 9.97. The second-order valence-corrected chi connectivity index (χ2v) is 9.27. The van der Waals surface area contributed by atoms with Crippen molar-refractivity contribution in [3.05, 3.63) is 102 Å². The lowest BCUT2D eigenvalue weighted by molar-refractivity contribution is 0.356. The Morgan fingerprint density at radius 3 is 2.73 bits per heavy atom. The number of hydrogen-bond donors (Lipinski definition) is 2. The van der Waals surface area contributed by atoms with Crippen LogP contribution < -0.4 is 11.1 Å². The van der Waals surface area contributed by atoms with Gasteiger partial charge < -0.3 is 16.0 Å². The number of nitrogens with one attached hydrogen (secondary N) is 1. The summed E-state index contributed by atoms with van der Waals surface area (Å²) in [6, 6.07) is 13.6. The van der Waals surface area contributed by atoms with Crippen molar-refractivity contribution in [2.24, 2.45) is 10.9 Å². The van der Waals surface area contributed by atoms with Gasteiger partial charge in [-0.25, -0.2) is 0 Å². The lowest BCUT2D eigenvalue weighted by Crippen LogP contribution is -2.23. The van der Waals surface area contributed by atoms with Crippen molar-refractivity contribution in [1.82, 2.24) is 10.2 Å². The molecule has 1 unspecified atom stereocenters. The molecule has 0 bridgehead atoms. The summed E-state index contributed by atoms with van der Waals surface area (Å²) in [6.07, 6.45) is 14.9. The number of benzene rings is 2. The molecule has 1 saturated heterocycles. The molecule has 5 heteroatoms. The lowest BCUT2D eigenvalue weighted by Gasteiger charge is -2.24. The Kier molecular flexibility index (Phi) is 13.4. The summed E-state index contributed by atoms with van der Waals surface area (Å²) in [5.41, 5.74) is 11.4. The zero-order valence-corrected chi connectivity index (χ0v) is 23.5. The summed E-state index contributed by atoms with van der Waals surface area (Å²) in [6.45, 7) is 17.3. The van der Waals surface area contributed by atoms with E-state index in [0.29, 0.717) is 16.4 Å². The van der Waals surface area contributed by atoms with E-state index in [4.69, 9.17) is 17.3 Å². The molecule has 0 radical (unpaired) electrons. The van der Waals surface area contributed by atoms with Gasteiger partial charge in [-0.05, 0) is 80.0 Å². The summed E-state index contributed by atoms with van der Waals surface area (Å²) in [5, 5.41) is 4.05. The van der Waals surface area contributed by atoms with Gasteiger partial charge in [0.1, 0.15) is 0 Å². The van der Waals surface area contributed by atoms with Crippen LogP contribution in [0.3, 0.4) is 0 Å². The van der Waals surface area contributed by atoms with Crippen LogP contribution in [-0.4, -0.2) is 30.7 Å². The minimum absolute atomic E-state index is 0.490. The maximum atomic E-state index is 6.09. The van der Waals surface area contributed by atoms with Crippen molar-refractivity contribution in [3.8, 4) is 0 Å². The van der Waals surface area contributed by atoms with Gasteiger partial charge in [0, 0.05) is 37.2 Å². The number of allylic oxidation sites excluding steroid dienone is 4. The highest BCUT2D eigenvalue weighted by Gasteiger charge is 2.17. The Hall–Kier alpha value is -3.24. The number of anilines is 1. The third-order valence-electron chi connectivity index (χ3n) is 6.35. The Labute approximate surface area is 229 Å². The van der Waals surface area contributed by atoms with Crippen molar-refractivity contribution in [1.29, 1.82) is 0 Å². The number of aliphatic imine (C=N–C) groups is 1. The van der Waals surface area contributed by atoms with Crippen molar-refractivity contribution in [3.63, 3.8) is 0 Å². The summed E-state index contributed by atoms with van der Waals surface area (Å²) in [4.78, 5) is 6.99. The van der Waals surface area contributed by atoms with E-state index in [2.05, 4.69) is 65.7 Å². The number of nitrogens with two attached hydrogens (primary N) is 1. The predicted octanol–water partition coefficient (Wildman–Crippen LogP) is 8.40. The molecule has 0 aliphatic carbocycles. The largest absolute Gasteiger partial charge is 0.396 e. The molecule has 3 N–H and O–H groups in total. The van der Waals surface area contributed by atoms with Crippen LogP contribution in [0, 0.1) is 5.92 Å². The van der Waals surface area contributed by atoms with Crippen LogP contribution in [-0.2, 0) is 0 Å². The first-order valence-corrected chi connectivity index (χ1v) is 13.7. The molecule has 1 aliphatic rings. The van der Waals surface area contributed by atoms with Crippen LogP contribution in [0.25, 0.3) is 5.70 Å². The summed E-state index contributed by atoms with van der Waals surface area (Å²) in [5.74, 6) is 0.720. The molecule has 1 aliphatic heterocycles. The van der Waals surface area contributed by atoms with Crippen molar-refractivity contribution >= 4 is 34.9 Å². The van der Waals surface area contributed by atoms with Gasteiger partial charge in [-0.1, -0.05) is 75.0 Å². The molecular weight excluding hydrogens is 476 g/mol. The smallest absolute Gasteiger partial charge is 0.0874 e. The van der Waals surface area contributed by atoms with E-state index in [1.807, 2.05) is 44.2 Å². The van der Waals surface area contributed by atoms with E-state index in [1.165, 1.54) is 25.0 Å². The Bertz CT molecular complexity index is 1100. The summed E-state index contributed by atoms with van der Waals surface area (Å²) >= 11 is 6.09. The van der Waals surface area contributed by atoms with Crippen molar-refractivity contribution < 1.29 is 0 Å². The highest BCUT2D eigenvalue weighted by Crippen LogP contribution is 2.29. The first-order valence-electron chi connectivity index (χ1n) is 13.3. The molecule has 1 fully saturated rings. The maximum Gasteiger partial charge on any atom is 0.0874 e. The van der Waals surface area contributed by atoms with Crippen LogP contribution in [0.4, 0.5) is 11.4 Å². The van der Waals surface area contributed by atoms with Gasteiger partial charge in [0.25, 0.3) is 0 Å². The second kappa shape index (κ2) is 16.5. The predicted molar refractivity (Wildman–Crippen MR) is 165 cm³/mol. The van der Waals surface area contributed by atoms with Crippen LogP contribution in [0.1, 0.15) is 57.6 Å². The number of nitrogen functional groups attached to an aromatic ring is 1. The van der Waals surface area contributed by atoms with Crippen LogP contribution in [0.15, 0.2) is 90.6 Å². The van der Waals surface area contributed by atoms with Gasteiger partial charge in [-0.2, -0.15) is 0 Å². The normalized spacial score (nSPS) is 16.3. The summed E-state index contributed by atoms with van der Waals surface area (Å²) < 4.78 is 0. The molecule has 1 atom stereocenters. The fraction of sp³-hybridized carbons (Fsp3) is 0.344. The van der Waals surface area contributed by atoms with E-state index in [9.17, 15) is 0 Å². The third kappa shape index (κ3) is 9.62. The monoisotopic (exact) mass is 518 g/mol. The second-order valence-electron chi connectivity index (χ2n) is 8.86. The SMILES string of the molecule is C=C/C=C(\C=C/C)N1CCCC(CCNC(=C)c2cccc(C=Nc3cccc(Cl)c3N)c2)CC1.CC. The number of para-hydroxylation sites is 1. The molecule has 0 amide bonds. The van der Waals surface area contributed by atoms with Gasteiger partial charge in [-0.3, -0.25) is 4.99 Å². The summed E-state index contributed by atoms with van der Waals surface area (Å²) in [7, 11) is 0. The highest BCUT2D eigenvalue weighted by atomic mass is 35.5.